The molecular weight excluding hydrogens is 486 g/mol. The summed E-state index contributed by atoms with van der Waals surface area (Å²) >= 11 is 1.63. The van der Waals surface area contributed by atoms with Gasteiger partial charge in [-0.2, -0.15) is 5.26 Å². The number of hydrogen-bond donors (Lipinski definition) is 2. The van der Waals surface area contributed by atoms with Crippen molar-refractivity contribution in [1.29, 1.82) is 5.26 Å². The molecule has 198 valence electrons. The van der Waals surface area contributed by atoms with Crippen LogP contribution in [0.2, 0.25) is 0 Å². The van der Waals surface area contributed by atoms with Gasteiger partial charge < -0.3 is 20.1 Å². The molecule has 2 aromatic rings. The first kappa shape index (κ1) is 27.2. The number of benzene rings is 1. The number of aryl methyl sites for hydroxylation is 1. The Morgan fingerprint density at radius 2 is 1.92 bits per heavy atom. The molecule has 9 heteroatoms. The largest absolute Gasteiger partial charge is 0.480 e. The van der Waals surface area contributed by atoms with E-state index in [9.17, 15) is 15.2 Å². The van der Waals surface area contributed by atoms with Crippen LogP contribution in [0.4, 0.5) is 11.5 Å². The predicted molar refractivity (Wildman–Crippen MR) is 147 cm³/mol. The number of carboxylic acids is 1. The van der Waals surface area contributed by atoms with E-state index in [0.29, 0.717) is 31.7 Å². The van der Waals surface area contributed by atoms with Gasteiger partial charge in [0.05, 0.1) is 24.3 Å². The summed E-state index contributed by atoms with van der Waals surface area (Å²) in [6.45, 7) is 10.1. The molecular formula is C28H37N5O3S. The zero-order chi connectivity index (χ0) is 26.7. The summed E-state index contributed by atoms with van der Waals surface area (Å²) < 4.78 is 6.17. The van der Waals surface area contributed by atoms with E-state index in [2.05, 4.69) is 68.2 Å². The normalized spacial score (nSPS) is 21.2. The maximum Gasteiger partial charge on any atom is 0.317 e. The number of nitrogens with one attached hydrogen (secondary N) is 1. The number of ether oxygens (including phenoxy) is 1. The van der Waals surface area contributed by atoms with Gasteiger partial charge in [-0.1, -0.05) is 12.1 Å². The van der Waals surface area contributed by atoms with Crippen molar-refractivity contribution in [3.63, 3.8) is 0 Å². The van der Waals surface area contributed by atoms with Crippen molar-refractivity contribution in [3.05, 3.63) is 46.5 Å². The number of carbonyl (C=O) groups is 1. The summed E-state index contributed by atoms with van der Waals surface area (Å²) in [6, 6.07) is 11.0. The summed E-state index contributed by atoms with van der Waals surface area (Å²) in [7, 11) is 1.91. The minimum Gasteiger partial charge on any atom is -0.480 e. The topological polar surface area (TPSA) is 102 Å². The molecule has 0 bridgehead atoms. The number of thioether (sulfide) groups is 1. The van der Waals surface area contributed by atoms with Gasteiger partial charge in [0, 0.05) is 55.6 Å². The first-order chi connectivity index (χ1) is 17.6. The van der Waals surface area contributed by atoms with Crippen molar-refractivity contribution < 1.29 is 14.6 Å². The lowest BCUT2D eigenvalue weighted by atomic mass is 9.89. The van der Waals surface area contributed by atoms with Crippen LogP contribution >= 0.6 is 11.8 Å². The van der Waals surface area contributed by atoms with Crippen LogP contribution in [0.3, 0.4) is 0 Å². The molecule has 2 N–H and O–H groups in total. The SMILES string of the molecule is CNc1ccc(CCSc2nc(N3CC(C)N(CC(=O)O)C(C)C3)c3c(c2C#N)CC(C)(C)OC3)cc1. The number of carboxylic acid groups (broad SMARTS) is 1. The number of nitriles is 1. The highest BCUT2D eigenvalue weighted by molar-refractivity contribution is 7.99. The molecule has 0 radical (unpaired) electrons. The molecule has 8 nitrogen and oxygen atoms in total. The first-order valence-electron chi connectivity index (χ1n) is 12.8. The van der Waals surface area contributed by atoms with Gasteiger partial charge in [-0.05, 0) is 57.4 Å². The van der Waals surface area contributed by atoms with Crippen LogP contribution < -0.4 is 10.2 Å². The Morgan fingerprint density at radius 1 is 1.24 bits per heavy atom. The fraction of sp³-hybridized carbons (Fsp3) is 0.536. The average Bonchev–Trinajstić information content (AvgIpc) is 2.85. The van der Waals surface area contributed by atoms with Crippen LogP contribution in [0.5, 0.6) is 0 Å². The zero-order valence-corrected chi connectivity index (χ0v) is 23.2. The van der Waals surface area contributed by atoms with Crippen LogP contribution in [-0.2, 0) is 29.0 Å². The van der Waals surface area contributed by atoms with Crippen LogP contribution in [0, 0.1) is 11.3 Å². The second kappa shape index (κ2) is 11.3. The molecule has 1 aromatic heterocycles. The fourth-order valence-corrected chi connectivity index (χ4v) is 6.30. The molecule has 1 aromatic carbocycles. The number of piperazine rings is 1. The van der Waals surface area contributed by atoms with E-state index < -0.39 is 5.97 Å². The Morgan fingerprint density at radius 3 is 2.51 bits per heavy atom. The summed E-state index contributed by atoms with van der Waals surface area (Å²) in [5, 5.41) is 23.5. The molecule has 2 unspecified atom stereocenters. The molecule has 0 amide bonds. The van der Waals surface area contributed by atoms with Crippen molar-refractivity contribution in [2.45, 2.75) is 69.9 Å². The highest BCUT2D eigenvalue weighted by Gasteiger charge is 2.36. The highest BCUT2D eigenvalue weighted by Crippen LogP contribution is 2.39. The molecule has 0 saturated carbocycles. The lowest BCUT2D eigenvalue weighted by molar-refractivity contribution is -0.139. The number of pyridine rings is 1. The molecule has 3 heterocycles. The third-order valence-corrected chi connectivity index (χ3v) is 8.25. The predicted octanol–water partition coefficient (Wildman–Crippen LogP) is 4.16. The molecule has 0 aliphatic carbocycles. The molecule has 1 fully saturated rings. The lowest BCUT2D eigenvalue weighted by Gasteiger charge is -2.45. The standard InChI is InChI=1S/C28H37N5O3S/c1-18-14-32(15-19(2)33(18)16-25(34)35)26-24-17-36-28(3,4)12-22(24)23(13-29)27(31-26)37-11-10-20-6-8-21(30-5)9-7-20/h6-9,18-19,30H,10-12,14-17H2,1-5H3,(H,34,35). The van der Waals surface area contributed by atoms with Gasteiger partial charge in [0.25, 0.3) is 0 Å². The summed E-state index contributed by atoms with van der Waals surface area (Å²) in [6.07, 6.45) is 1.54. The minimum absolute atomic E-state index is 0.0305. The molecule has 2 aliphatic heterocycles. The smallest absolute Gasteiger partial charge is 0.317 e. The molecule has 0 spiro atoms. The second-order valence-electron chi connectivity index (χ2n) is 10.6. The lowest BCUT2D eigenvalue weighted by Crippen LogP contribution is -2.58. The van der Waals surface area contributed by atoms with Crippen LogP contribution in [0.25, 0.3) is 0 Å². The summed E-state index contributed by atoms with van der Waals surface area (Å²) in [5.74, 6) is 0.882. The van der Waals surface area contributed by atoms with Crippen LogP contribution in [0.15, 0.2) is 29.3 Å². The Hall–Kier alpha value is -2.80. The van der Waals surface area contributed by atoms with Crippen LogP contribution in [-0.4, -0.2) is 71.1 Å². The van der Waals surface area contributed by atoms with Crippen molar-refractivity contribution in [3.8, 4) is 6.07 Å². The quantitative estimate of drug-likeness (QED) is 0.494. The summed E-state index contributed by atoms with van der Waals surface area (Å²) in [5.41, 5.74) is 4.67. The highest BCUT2D eigenvalue weighted by atomic mass is 32.2. The number of fused-ring (bicyclic) bond motifs is 1. The summed E-state index contributed by atoms with van der Waals surface area (Å²) in [4.78, 5) is 20.8. The van der Waals surface area contributed by atoms with Gasteiger partial charge in [0.15, 0.2) is 0 Å². The maximum absolute atomic E-state index is 11.4. The first-order valence-corrected chi connectivity index (χ1v) is 13.8. The molecule has 37 heavy (non-hydrogen) atoms. The number of rotatable bonds is 8. The van der Waals surface area contributed by atoms with Crippen molar-refractivity contribution >= 4 is 29.2 Å². The van der Waals surface area contributed by atoms with E-state index in [-0.39, 0.29) is 24.2 Å². The second-order valence-corrected chi connectivity index (χ2v) is 11.7. The fourth-order valence-electron chi connectivity index (χ4n) is 5.31. The van der Waals surface area contributed by atoms with Gasteiger partial charge in [0.1, 0.15) is 16.9 Å². The van der Waals surface area contributed by atoms with Gasteiger partial charge >= 0.3 is 5.97 Å². The maximum atomic E-state index is 11.4. The molecule has 1 saturated heterocycles. The molecule has 2 aliphatic rings. The zero-order valence-electron chi connectivity index (χ0n) is 22.4. The van der Waals surface area contributed by atoms with Gasteiger partial charge in [0.2, 0.25) is 0 Å². The van der Waals surface area contributed by atoms with E-state index in [1.165, 1.54) is 5.56 Å². The van der Waals surface area contributed by atoms with Gasteiger partial charge in [-0.3, -0.25) is 9.69 Å². The van der Waals surface area contributed by atoms with Gasteiger partial charge in [-0.15, -0.1) is 11.8 Å². The Bertz CT molecular complexity index is 1170. The Labute approximate surface area is 224 Å². The Balaban J connectivity index is 1.63. The average molecular weight is 524 g/mol. The number of nitrogens with zero attached hydrogens (tertiary/aromatic N) is 4. The van der Waals surface area contributed by atoms with Crippen molar-refractivity contribution in [2.75, 3.05) is 42.7 Å². The number of hydrogen-bond acceptors (Lipinski definition) is 8. The van der Waals surface area contributed by atoms with E-state index in [1.807, 2.05) is 11.9 Å². The Kier molecular flexibility index (Phi) is 8.32. The van der Waals surface area contributed by atoms with E-state index in [0.717, 1.165) is 39.8 Å². The van der Waals surface area contributed by atoms with E-state index in [4.69, 9.17) is 9.72 Å². The monoisotopic (exact) mass is 523 g/mol. The van der Waals surface area contributed by atoms with Gasteiger partial charge in [-0.25, -0.2) is 4.98 Å². The van der Waals surface area contributed by atoms with Crippen LogP contribution in [0.1, 0.15) is 49.9 Å². The number of anilines is 2. The van der Waals surface area contributed by atoms with E-state index in [1.54, 1.807) is 11.8 Å². The molecule has 2 atom stereocenters. The number of aromatic nitrogens is 1. The number of aliphatic carboxylic acids is 1. The van der Waals surface area contributed by atoms with E-state index >= 15 is 0 Å². The third kappa shape index (κ3) is 6.20. The van der Waals surface area contributed by atoms with Crippen molar-refractivity contribution in [1.82, 2.24) is 9.88 Å². The minimum atomic E-state index is -0.809. The molecule has 4 rings (SSSR count). The van der Waals surface area contributed by atoms with Crippen molar-refractivity contribution in [2.24, 2.45) is 0 Å². The third-order valence-electron chi connectivity index (χ3n) is 7.27.